The van der Waals surface area contributed by atoms with Crippen LogP contribution in [0.5, 0.6) is 0 Å². The largest absolute Gasteiger partial charge is 0.444 e. The molecule has 0 aromatic heterocycles. The Balaban J connectivity index is 1.83. The third-order valence-corrected chi connectivity index (χ3v) is 5.05. The van der Waals surface area contributed by atoms with Gasteiger partial charge in [0.1, 0.15) is 5.60 Å². The molecule has 1 saturated carbocycles. The van der Waals surface area contributed by atoms with Gasteiger partial charge in [-0.3, -0.25) is 4.79 Å². The van der Waals surface area contributed by atoms with Crippen LogP contribution < -0.4 is 5.32 Å². The quantitative estimate of drug-likeness (QED) is 0.864. The van der Waals surface area contributed by atoms with E-state index in [2.05, 4.69) is 19.2 Å². The number of rotatable bonds is 4. The lowest BCUT2D eigenvalue weighted by molar-refractivity contribution is -0.138. The van der Waals surface area contributed by atoms with Gasteiger partial charge in [-0.25, -0.2) is 4.79 Å². The number of piperidine rings is 1. The SMILES string of the molecule is C[C@@H]1CCN(C(=O)[C@H](C)C2CC2)C[C@H]1CNC(=O)OC(C)(C)C. The number of amides is 2. The van der Waals surface area contributed by atoms with Crippen molar-refractivity contribution in [2.75, 3.05) is 19.6 Å². The van der Waals surface area contributed by atoms with Crippen molar-refractivity contribution in [3.8, 4) is 0 Å². The van der Waals surface area contributed by atoms with E-state index in [1.54, 1.807) is 0 Å². The van der Waals surface area contributed by atoms with Gasteiger partial charge in [-0.05, 0) is 57.8 Å². The summed E-state index contributed by atoms with van der Waals surface area (Å²) in [6.45, 7) is 12.0. The lowest BCUT2D eigenvalue weighted by Crippen LogP contribution is -2.49. The zero-order valence-corrected chi connectivity index (χ0v) is 15.2. The summed E-state index contributed by atoms with van der Waals surface area (Å²) in [4.78, 5) is 26.4. The van der Waals surface area contributed by atoms with Crippen molar-refractivity contribution in [3.05, 3.63) is 0 Å². The Labute approximate surface area is 140 Å². The summed E-state index contributed by atoms with van der Waals surface area (Å²) in [5.74, 6) is 1.85. The second-order valence-electron chi connectivity index (χ2n) is 8.32. The highest BCUT2D eigenvalue weighted by molar-refractivity contribution is 5.79. The second kappa shape index (κ2) is 7.10. The van der Waals surface area contributed by atoms with Crippen LogP contribution in [0.3, 0.4) is 0 Å². The average molecular weight is 324 g/mol. The van der Waals surface area contributed by atoms with Gasteiger partial charge in [0.05, 0.1) is 0 Å². The summed E-state index contributed by atoms with van der Waals surface area (Å²) >= 11 is 0. The molecule has 2 rings (SSSR count). The number of carbonyl (C=O) groups excluding carboxylic acids is 2. The Bertz CT molecular complexity index is 440. The molecule has 23 heavy (non-hydrogen) atoms. The first kappa shape index (κ1) is 18.1. The van der Waals surface area contributed by atoms with E-state index >= 15 is 0 Å². The Morgan fingerprint density at radius 2 is 1.91 bits per heavy atom. The third kappa shape index (κ3) is 5.40. The highest BCUT2D eigenvalue weighted by Crippen LogP contribution is 2.38. The molecule has 1 aliphatic carbocycles. The first-order chi connectivity index (χ1) is 10.7. The minimum Gasteiger partial charge on any atom is -0.444 e. The number of hydrogen-bond acceptors (Lipinski definition) is 3. The number of carbonyl (C=O) groups is 2. The molecular weight excluding hydrogens is 292 g/mol. The number of likely N-dealkylation sites (tertiary alicyclic amines) is 1. The standard InChI is InChI=1S/C18H32N2O3/c1-12-8-9-20(16(21)13(2)14-6-7-14)11-15(12)10-19-17(22)23-18(3,4)5/h12-15H,6-11H2,1-5H3,(H,19,22)/t12-,13-,15-/m1/s1. The maximum Gasteiger partial charge on any atom is 0.407 e. The van der Waals surface area contributed by atoms with Crippen molar-refractivity contribution in [1.82, 2.24) is 10.2 Å². The van der Waals surface area contributed by atoms with Gasteiger partial charge in [-0.1, -0.05) is 13.8 Å². The molecule has 2 aliphatic rings. The van der Waals surface area contributed by atoms with Crippen LogP contribution in [0.2, 0.25) is 0 Å². The van der Waals surface area contributed by atoms with Crippen LogP contribution in [-0.4, -0.2) is 42.1 Å². The van der Waals surface area contributed by atoms with Gasteiger partial charge < -0.3 is 15.0 Å². The minimum absolute atomic E-state index is 0.155. The molecule has 132 valence electrons. The summed E-state index contributed by atoms with van der Waals surface area (Å²) in [7, 11) is 0. The maximum absolute atomic E-state index is 12.6. The Hall–Kier alpha value is -1.26. The van der Waals surface area contributed by atoms with Gasteiger partial charge in [0.25, 0.3) is 0 Å². The van der Waals surface area contributed by atoms with Gasteiger partial charge in [-0.15, -0.1) is 0 Å². The molecule has 2 fully saturated rings. The fraction of sp³-hybridized carbons (Fsp3) is 0.889. The zero-order chi connectivity index (χ0) is 17.2. The first-order valence-corrected chi connectivity index (χ1v) is 8.93. The summed E-state index contributed by atoms with van der Waals surface area (Å²) in [6, 6.07) is 0. The van der Waals surface area contributed by atoms with Gasteiger partial charge in [0.2, 0.25) is 5.91 Å². The highest BCUT2D eigenvalue weighted by Gasteiger charge is 2.37. The fourth-order valence-corrected chi connectivity index (χ4v) is 3.23. The maximum atomic E-state index is 12.6. The molecule has 2 amide bonds. The Kier molecular flexibility index (Phi) is 5.58. The van der Waals surface area contributed by atoms with E-state index in [9.17, 15) is 9.59 Å². The summed E-state index contributed by atoms with van der Waals surface area (Å²) in [5.41, 5.74) is -0.482. The van der Waals surface area contributed by atoms with Crippen LogP contribution in [-0.2, 0) is 9.53 Å². The van der Waals surface area contributed by atoms with Crippen LogP contribution in [0, 0.1) is 23.7 Å². The van der Waals surface area contributed by atoms with Crippen molar-refractivity contribution >= 4 is 12.0 Å². The Morgan fingerprint density at radius 3 is 2.48 bits per heavy atom. The van der Waals surface area contributed by atoms with Crippen molar-refractivity contribution in [3.63, 3.8) is 0 Å². The highest BCUT2D eigenvalue weighted by atomic mass is 16.6. The lowest BCUT2D eigenvalue weighted by atomic mass is 9.86. The number of nitrogens with zero attached hydrogens (tertiary/aromatic N) is 1. The Morgan fingerprint density at radius 1 is 1.26 bits per heavy atom. The van der Waals surface area contributed by atoms with Gasteiger partial charge in [-0.2, -0.15) is 0 Å². The summed E-state index contributed by atoms with van der Waals surface area (Å²) < 4.78 is 5.29. The summed E-state index contributed by atoms with van der Waals surface area (Å²) in [5, 5.41) is 2.86. The molecule has 0 spiro atoms. The number of nitrogens with one attached hydrogen (secondary N) is 1. The van der Waals surface area contributed by atoms with Gasteiger partial charge in [0, 0.05) is 25.6 Å². The van der Waals surface area contributed by atoms with Crippen molar-refractivity contribution in [1.29, 1.82) is 0 Å². The number of hydrogen-bond donors (Lipinski definition) is 1. The first-order valence-electron chi connectivity index (χ1n) is 8.93. The van der Waals surface area contributed by atoms with E-state index in [4.69, 9.17) is 4.74 Å². The molecule has 1 heterocycles. The molecule has 5 heteroatoms. The van der Waals surface area contributed by atoms with Crippen LogP contribution in [0.15, 0.2) is 0 Å². The lowest BCUT2D eigenvalue weighted by Gasteiger charge is -2.38. The molecule has 0 aromatic carbocycles. The predicted molar refractivity (Wildman–Crippen MR) is 90.0 cm³/mol. The molecule has 5 nitrogen and oxygen atoms in total. The third-order valence-electron chi connectivity index (χ3n) is 5.05. The van der Waals surface area contributed by atoms with Crippen molar-refractivity contribution < 1.29 is 14.3 Å². The molecule has 3 atom stereocenters. The van der Waals surface area contributed by atoms with E-state index in [0.29, 0.717) is 30.2 Å². The second-order valence-corrected chi connectivity index (χ2v) is 8.32. The molecular formula is C18H32N2O3. The molecule has 1 N–H and O–H groups in total. The normalized spacial score (nSPS) is 26.6. The molecule has 1 saturated heterocycles. The minimum atomic E-state index is -0.482. The molecule has 0 unspecified atom stereocenters. The van der Waals surface area contributed by atoms with Crippen molar-refractivity contribution in [2.24, 2.45) is 23.7 Å². The van der Waals surface area contributed by atoms with Crippen LogP contribution in [0.4, 0.5) is 4.79 Å². The van der Waals surface area contributed by atoms with E-state index in [1.807, 2.05) is 25.7 Å². The topological polar surface area (TPSA) is 58.6 Å². The summed E-state index contributed by atoms with van der Waals surface area (Å²) in [6.07, 6.45) is 3.02. The van der Waals surface area contributed by atoms with Gasteiger partial charge >= 0.3 is 6.09 Å². The van der Waals surface area contributed by atoms with E-state index in [1.165, 1.54) is 12.8 Å². The monoisotopic (exact) mass is 324 g/mol. The van der Waals surface area contributed by atoms with Crippen molar-refractivity contribution in [2.45, 2.75) is 59.5 Å². The predicted octanol–water partition coefficient (Wildman–Crippen LogP) is 3.04. The fourth-order valence-electron chi connectivity index (χ4n) is 3.23. The van der Waals surface area contributed by atoms with Crippen LogP contribution >= 0.6 is 0 Å². The molecule has 0 radical (unpaired) electrons. The molecule has 0 bridgehead atoms. The molecule has 0 aromatic rings. The zero-order valence-electron chi connectivity index (χ0n) is 15.2. The van der Waals surface area contributed by atoms with Gasteiger partial charge in [0.15, 0.2) is 0 Å². The van der Waals surface area contributed by atoms with Crippen LogP contribution in [0.1, 0.15) is 53.9 Å². The van der Waals surface area contributed by atoms with E-state index < -0.39 is 5.60 Å². The molecule has 1 aliphatic heterocycles. The number of alkyl carbamates (subject to hydrolysis) is 1. The van der Waals surface area contributed by atoms with Crippen LogP contribution in [0.25, 0.3) is 0 Å². The average Bonchev–Trinajstić information content (AvgIpc) is 3.27. The van der Waals surface area contributed by atoms with E-state index in [-0.39, 0.29) is 12.0 Å². The van der Waals surface area contributed by atoms with E-state index in [0.717, 1.165) is 19.5 Å². The smallest absolute Gasteiger partial charge is 0.407 e. The number of ether oxygens (including phenoxy) is 1.